The number of hydrogen-bond donors (Lipinski definition) is 1. The molecule has 2 rings (SSSR count). The lowest BCUT2D eigenvalue weighted by Crippen LogP contribution is -2.14. The maximum Gasteiger partial charge on any atom is 0.213 e. The molecule has 4 nitrogen and oxygen atoms in total. The van der Waals surface area contributed by atoms with Crippen LogP contribution in [0.1, 0.15) is 24.6 Å². The summed E-state index contributed by atoms with van der Waals surface area (Å²) < 4.78 is 11.0. The minimum atomic E-state index is 0.433. The molecule has 4 heteroatoms. The van der Waals surface area contributed by atoms with Crippen molar-refractivity contribution in [3.8, 4) is 11.6 Å². The first kappa shape index (κ1) is 15.3. The van der Waals surface area contributed by atoms with E-state index in [1.54, 1.807) is 7.11 Å². The molecule has 0 unspecified atom stereocenters. The van der Waals surface area contributed by atoms with Gasteiger partial charge in [-0.1, -0.05) is 31.2 Å². The Morgan fingerprint density at radius 1 is 1.10 bits per heavy atom. The molecule has 0 aliphatic carbocycles. The fourth-order valence-electron chi connectivity index (χ4n) is 1.99. The lowest BCUT2D eigenvalue weighted by molar-refractivity contribution is 0.294. The van der Waals surface area contributed by atoms with Crippen LogP contribution in [0.3, 0.4) is 0 Å². The fraction of sp³-hybridized carbons (Fsp3) is 0.353. The number of para-hydroxylation sites is 1. The van der Waals surface area contributed by atoms with Gasteiger partial charge in [-0.05, 0) is 25.1 Å². The van der Waals surface area contributed by atoms with Crippen LogP contribution in [0.4, 0.5) is 0 Å². The van der Waals surface area contributed by atoms with Crippen molar-refractivity contribution in [2.45, 2.75) is 26.5 Å². The molecule has 0 amide bonds. The predicted octanol–water partition coefficient (Wildman–Crippen LogP) is 3.17. The normalized spacial score (nSPS) is 10.4. The summed E-state index contributed by atoms with van der Waals surface area (Å²) >= 11 is 0. The Labute approximate surface area is 126 Å². The molecule has 112 valence electrons. The summed E-state index contributed by atoms with van der Waals surface area (Å²) in [5.41, 5.74) is 2.01. The van der Waals surface area contributed by atoms with Crippen LogP contribution in [0, 0.1) is 0 Å². The van der Waals surface area contributed by atoms with E-state index in [-0.39, 0.29) is 0 Å². The minimum Gasteiger partial charge on any atom is -0.487 e. The third-order valence-corrected chi connectivity index (χ3v) is 3.08. The Hall–Kier alpha value is -2.07. The summed E-state index contributed by atoms with van der Waals surface area (Å²) in [6.45, 7) is 4.41. The highest BCUT2D eigenvalue weighted by molar-refractivity contribution is 5.33. The van der Waals surface area contributed by atoms with Crippen LogP contribution in [0.25, 0.3) is 0 Å². The Kier molecular flexibility index (Phi) is 6.03. The van der Waals surface area contributed by atoms with Gasteiger partial charge >= 0.3 is 0 Å². The fourth-order valence-corrected chi connectivity index (χ4v) is 1.99. The van der Waals surface area contributed by atoms with E-state index in [9.17, 15) is 0 Å². The van der Waals surface area contributed by atoms with Gasteiger partial charge in [0.25, 0.3) is 0 Å². The SMILES string of the molecule is CCCNCc1ccccc1OCc1cccc(OC)n1. The minimum absolute atomic E-state index is 0.433. The zero-order valence-corrected chi connectivity index (χ0v) is 12.6. The Morgan fingerprint density at radius 2 is 1.95 bits per heavy atom. The van der Waals surface area contributed by atoms with Crippen LogP contribution in [-0.2, 0) is 13.2 Å². The van der Waals surface area contributed by atoms with E-state index in [0.717, 1.165) is 36.5 Å². The van der Waals surface area contributed by atoms with Crippen molar-refractivity contribution in [1.82, 2.24) is 10.3 Å². The molecule has 0 radical (unpaired) electrons. The molecule has 0 saturated heterocycles. The first-order valence-electron chi connectivity index (χ1n) is 7.25. The third kappa shape index (κ3) is 4.76. The van der Waals surface area contributed by atoms with E-state index in [1.807, 2.05) is 36.4 Å². The van der Waals surface area contributed by atoms with Crippen LogP contribution >= 0.6 is 0 Å². The van der Waals surface area contributed by atoms with Gasteiger partial charge in [-0.2, -0.15) is 0 Å². The van der Waals surface area contributed by atoms with Gasteiger partial charge in [0, 0.05) is 18.2 Å². The van der Waals surface area contributed by atoms with E-state index in [4.69, 9.17) is 9.47 Å². The van der Waals surface area contributed by atoms with Gasteiger partial charge in [0.15, 0.2) is 0 Å². The molecular formula is C17H22N2O2. The summed E-state index contributed by atoms with van der Waals surface area (Å²) in [5.74, 6) is 1.50. The van der Waals surface area contributed by atoms with E-state index >= 15 is 0 Å². The zero-order valence-electron chi connectivity index (χ0n) is 12.6. The van der Waals surface area contributed by atoms with Crippen LogP contribution in [0.15, 0.2) is 42.5 Å². The summed E-state index contributed by atoms with van der Waals surface area (Å²) in [6.07, 6.45) is 1.12. The van der Waals surface area contributed by atoms with Crippen molar-refractivity contribution in [3.05, 3.63) is 53.7 Å². The topological polar surface area (TPSA) is 43.4 Å². The van der Waals surface area contributed by atoms with Crippen molar-refractivity contribution in [2.75, 3.05) is 13.7 Å². The van der Waals surface area contributed by atoms with E-state index in [0.29, 0.717) is 12.5 Å². The monoisotopic (exact) mass is 286 g/mol. The summed E-state index contributed by atoms with van der Waals surface area (Å²) in [6, 6.07) is 13.8. The maximum atomic E-state index is 5.90. The molecule has 0 bridgehead atoms. The maximum absolute atomic E-state index is 5.90. The van der Waals surface area contributed by atoms with Crippen molar-refractivity contribution in [3.63, 3.8) is 0 Å². The first-order chi connectivity index (χ1) is 10.3. The van der Waals surface area contributed by atoms with Crippen molar-refractivity contribution in [1.29, 1.82) is 0 Å². The van der Waals surface area contributed by atoms with E-state index < -0.39 is 0 Å². The molecule has 1 N–H and O–H groups in total. The van der Waals surface area contributed by atoms with Crippen molar-refractivity contribution in [2.24, 2.45) is 0 Å². The number of nitrogens with zero attached hydrogens (tertiary/aromatic N) is 1. The van der Waals surface area contributed by atoms with E-state index in [2.05, 4.69) is 23.3 Å². The smallest absolute Gasteiger partial charge is 0.213 e. The quantitative estimate of drug-likeness (QED) is 0.757. The largest absolute Gasteiger partial charge is 0.487 e. The third-order valence-electron chi connectivity index (χ3n) is 3.08. The number of benzene rings is 1. The highest BCUT2D eigenvalue weighted by atomic mass is 16.5. The van der Waals surface area contributed by atoms with Crippen molar-refractivity contribution < 1.29 is 9.47 Å². The second-order valence-corrected chi connectivity index (χ2v) is 4.74. The molecular weight excluding hydrogens is 264 g/mol. The summed E-state index contributed by atoms with van der Waals surface area (Å²) in [4.78, 5) is 4.35. The molecule has 1 aromatic heterocycles. The number of pyridine rings is 1. The average molecular weight is 286 g/mol. The van der Waals surface area contributed by atoms with Gasteiger partial charge in [-0.25, -0.2) is 4.98 Å². The standard InChI is InChI=1S/C17H22N2O2/c1-3-11-18-12-14-7-4-5-9-16(14)21-13-15-8-6-10-17(19-15)20-2/h4-10,18H,3,11-13H2,1-2H3. The lowest BCUT2D eigenvalue weighted by atomic mass is 10.2. The number of ether oxygens (including phenoxy) is 2. The zero-order chi connectivity index (χ0) is 14.9. The number of hydrogen-bond acceptors (Lipinski definition) is 4. The molecule has 0 saturated carbocycles. The van der Waals surface area contributed by atoms with Gasteiger partial charge in [-0.3, -0.25) is 0 Å². The molecule has 2 aromatic rings. The average Bonchev–Trinajstić information content (AvgIpc) is 2.54. The predicted molar refractivity (Wildman–Crippen MR) is 83.6 cm³/mol. The Morgan fingerprint density at radius 3 is 2.76 bits per heavy atom. The Balaban J connectivity index is 1.98. The van der Waals surface area contributed by atoms with Gasteiger partial charge < -0.3 is 14.8 Å². The van der Waals surface area contributed by atoms with Gasteiger partial charge in [0.05, 0.1) is 12.8 Å². The van der Waals surface area contributed by atoms with Gasteiger partial charge in [-0.15, -0.1) is 0 Å². The molecule has 21 heavy (non-hydrogen) atoms. The van der Waals surface area contributed by atoms with Crippen LogP contribution in [0.2, 0.25) is 0 Å². The number of methoxy groups -OCH3 is 1. The molecule has 0 fully saturated rings. The number of rotatable bonds is 8. The molecule has 0 aliphatic heterocycles. The van der Waals surface area contributed by atoms with Crippen molar-refractivity contribution >= 4 is 0 Å². The molecule has 0 spiro atoms. The highest BCUT2D eigenvalue weighted by Gasteiger charge is 2.04. The molecule has 0 atom stereocenters. The second-order valence-electron chi connectivity index (χ2n) is 4.74. The second kappa shape index (κ2) is 8.27. The molecule has 0 aliphatic rings. The first-order valence-corrected chi connectivity index (χ1v) is 7.25. The lowest BCUT2D eigenvalue weighted by Gasteiger charge is -2.12. The van der Waals surface area contributed by atoms with E-state index in [1.165, 1.54) is 0 Å². The van der Waals surface area contributed by atoms with Crippen LogP contribution in [-0.4, -0.2) is 18.6 Å². The molecule has 1 heterocycles. The molecule has 1 aromatic carbocycles. The van der Waals surface area contributed by atoms with Gasteiger partial charge in [0.2, 0.25) is 5.88 Å². The van der Waals surface area contributed by atoms with Crippen LogP contribution in [0.5, 0.6) is 11.6 Å². The number of aromatic nitrogens is 1. The summed E-state index contributed by atoms with van der Waals surface area (Å²) in [5, 5.41) is 3.39. The Bertz CT molecular complexity index is 558. The highest BCUT2D eigenvalue weighted by Crippen LogP contribution is 2.19. The number of nitrogens with one attached hydrogen (secondary N) is 1. The summed E-state index contributed by atoms with van der Waals surface area (Å²) in [7, 11) is 1.61. The van der Waals surface area contributed by atoms with Crippen LogP contribution < -0.4 is 14.8 Å². The van der Waals surface area contributed by atoms with Gasteiger partial charge in [0.1, 0.15) is 12.4 Å².